The smallest absolute Gasteiger partial charge is 0.240 e. The van der Waals surface area contributed by atoms with Crippen molar-refractivity contribution < 1.29 is 9.59 Å². The number of fused-ring (bicyclic) bond motifs is 1. The Labute approximate surface area is 197 Å². The van der Waals surface area contributed by atoms with Crippen molar-refractivity contribution >= 4 is 24.1 Å². The molecular weight excluding hydrogens is 418 g/mol. The number of likely N-dealkylation sites (N-methyl/N-ethyl adjacent to an activating group) is 1. The fraction of sp³-hybridized carbons (Fsp3) is 0.462. The second-order valence-electron chi connectivity index (χ2n) is 8.27. The molecule has 0 heterocycles. The molecule has 2 unspecified atom stereocenters. The number of nitrogens with two attached hydrogens (primary N) is 1. The molecule has 0 bridgehead atoms. The second-order valence-corrected chi connectivity index (χ2v) is 8.94. The van der Waals surface area contributed by atoms with Gasteiger partial charge in [0.05, 0.1) is 12.1 Å². The third kappa shape index (κ3) is 6.00. The largest absolute Gasteiger partial charge is 0.327 e. The first kappa shape index (κ1) is 26.1. The van der Waals surface area contributed by atoms with Crippen LogP contribution < -0.4 is 10.5 Å². The van der Waals surface area contributed by atoms with Crippen LogP contribution >= 0.6 is 11.9 Å². The number of hydrogen-bond donors (Lipinski definition) is 2. The fourth-order valence-corrected chi connectivity index (χ4v) is 4.86. The SMILES string of the molecule is CC.CNC(C(=O)N(Cc1ccccc1SN)C(C=O)C(C)C)C1Cc2ccccc2C1. The molecule has 0 radical (unpaired) electrons. The van der Waals surface area contributed by atoms with Gasteiger partial charge in [-0.25, -0.2) is 0 Å². The van der Waals surface area contributed by atoms with E-state index in [1.54, 1.807) is 4.90 Å². The Morgan fingerprint density at radius 1 is 1.12 bits per heavy atom. The number of benzene rings is 2. The van der Waals surface area contributed by atoms with Crippen molar-refractivity contribution in [2.45, 2.75) is 64.1 Å². The van der Waals surface area contributed by atoms with Crippen LogP contribution in [0.5, 0.6) is 0 Å². The Morgan fingerprint density at radius 3 is 2.19 bits per heavy atom. The quantitative estimate of drug-likeness (QED) is 0.437. The number of rotatable bonds is 9. The molecule has 3 N–H and O–H groups in total. The van der Waals surface area contributed by atoms with E-state index in [0.717, 1.165) is 29.6 Å². The van der Waals surface area contributed by atoms with E-state index in [1.165, 1.54) is 23.1 Å². The first-order valence-corrected chi connectivity index (χ1v) is 12.3. The Balaban J connectivity index is 0.00000176. The van der Waals surface area contributed by atoms with Crippen LogP contribution in [0.3, 0.4) is 0 Å². The molecule has 2 aromatic rings. The van der Waals surface area contributed by atoms with E-state index < -0.39 is 6.04 Å². The fourth-order valence-electron chi connectivity index (χ4n) is 4.42. The Hall–Kier alpha value is -2.15. The minimum atomic E-state index is -0.493. The van der Waals surface area contributed by atoms with Crippen LogP contribution in [-0.4, -0.2) is 36.2 Å². The third-order valence-electron chi connectivity index (χ3n) is 6.04. The van der Waals surface area contributed by atoms with E-state index in [-0.39, 0.29) is 23.8 Å². The predicted molar refractivity (Wildman–Crippen MR) is 133 cm³/mol. The average Bonchev–Trinajstić information content (AvgIpc) is 3.24. The van der Waals surface area contributed by atoms with Crippen molar-refractivity contribution in [1.82, 2.24) is 10.2 Å². The minimum absolute atomic E-state index is 0.0161. The zero-order valence-corrected chi connectivity index (χ0v) is 20.7. The van der Waals surface area contributed by atoms with Crippen LogP contribution in [0.25, 0.3) is 0 Å². The molecule has 0 aliphatic heterocycles. The topological polar surface area (TPSA) is 75.4 Å². The van der Waals surface area contributed by atoms with Gasteiger partial charge in [-0.05, 0) is 66.4 Å². The van der Waals surface area contributed by atoms with E-state index >= 15 is 0 Å². The molecular formula is C26H37N3O2S. The van der Waals surface area contributed by atoms with E-state index in [4.69, 9.17) is 5.14 Å². The Morgan fingerprint density at radius 2 is 1.69 bits per heavy atom. The maximum atomic E-state index is 13.8. The standard InChI is InChI=1S/C24H31N3O2S.C2H6/c1-16(2)21(15-28)27(14-19-10-6-7-11-22(19)30-25)24(29)23(26-3)20-12-17-8-4-5-9-18(17)13-20;1-2/h4-11,15-16,20-21,23,26H,12-14,25H2,1-3H3;1-2H3. The van der Waals surface area contributed by atoms with Crippen molar-refractivity contribution in [3.63, 3.8) is 0 Å². The molecule has 0 aromatic heterocycles. The number of amides is 1. The summed E-state index contributed by atoms with van der Waals surface area (Å²) < 4.78 is 0. The Kier molecular flexibility index (Phi) is 10.4. The first-order valence-electron chi connectivity index (χ1n) is 11.4. The van der Waals surface area contributed by atoms with Gasteiger partial charge in [-0.2, -0.15) is 0 Å². The third-order valence-corrected chi connectivity index (χ3v) is 6.69. The van der Waals surface area contributed by atoms with Gasteiger partial charge in [0, 0.05) is 11.4 Å². The Bertz CT molecular complexity index is 862. The molecule has 2 atom stereocenters. The second kappa shape index (κ2) is 12.8. The summed E-state index contributed by atoms with van der Waals surface area (Å²) in [5.74, 6) is 0.154. The van der Waals surface area contributed by atoms with E-state index in [0.29, 0.717) is 6.54 Å². The molecule has 5 nitrogen and oxygen atoms in total. The van der Waals surface area contributed by atoms with Gasteiger partial charge in [-0.1, -0.05) is 70.2 Å². The molecule has 174 valence electrons. The molecule has 2 aromatic carbocycles. The molecule has 1 aliphatic rings. The zero-order chi connectivity index (χ0) is 23.7. The van der Waals surface area contributed by atoms with Gasteiger partial charge in [-0.3, -0.25) is 9.93 Å². The van der Waals surface area contributed by atoms with Gasteiger partial charge in [0.1, 0.15) is 6.29 Å². The van der Waals surface area contributed by atoms with Crippen molar-refractivity contribution in [3.05, 3.63) is 65.2 Å². The highest BCUT2D eigenvalue weighted by molar-refractivity contribution is 7.97. The first-order chi connectivity index (χ1) is 15.5. The summed E-state index contributed by atoms with van der Waals surface area (Å²) in [7, 11) is 1.83. The number of nitrogens with one attached hydrogen (secondary N) is 1. The number of carbonyl (C=O) groups excluding carboxylic acids is 2. The highest BCUT2D eigenvalue weighted by Crippen LogP contribution is 2.30. The van der Waals surface area contributed by atoms with E-state index in [1.807, 2.05) is 71.1 Å². The van der Waals surface area contributed by atoms with Crippen LogP contribution in [0.15, 0.2) is 53.4 Å². The zero-order valence-electron chi connectivity index (χ0n) is 19.9. The molecule has 0 saturated heterocycles. The van der Waals surface area contributed by atoms with Crippen molar-refractivity contribution in [2.75, 3.05) is 7.05 Å². The molecule has 0 saturated carbocycles. The van der Waals surface area contributed by atoms with Gasteiger partial charge in [0.15, 0.2) is 0 Å². The number of aldehydes is 1. The predicted octanol–water partition coefficient (Wildman–Crippen LogP) is 4.23. The highest BCUT2D eigenvalue weighted by atomic mass is 32.2. The molecule has 1 amide bonds. The molecule has 3 rings (SSSR count). The summed E-state index contributed by atoms with van der Waals surface area (Å²) in [6.45, 7) is 8.31. The van der Waals surface area contributed by atoms with Gasteiger partial charge < -0.3 is 15.0 Å². The lowest BCUT2D eigenvalue weighted by Gasteiger charge is -2.35. The molecule has 1 aliphatic carbocycles. The summed E-state index contributed by atoms with van der Waals surface area (Å²) in [5, 5.41) is 9.09. The summed E-state index contributed by atoms with van der Waals surface area (Å²) in [5.41, 5.74) is 3.57. The van der Waals surface area contributed by atoms with E-state index in [9.17, 15) is 9.59 Å². The van der Waals surface area contributed by atoms with Crippen molar-refractivity contribution in [2.24, 2.45) is 17.0 Å². The molecule has 6 heteroatoms. The van der Waals surface area contributed by atoms with Crippen LogP contribution in [0.2, 0.25) is 0 Å². The lowest BCUT2D eigenvalue weighted by molar-refractivity contribution is -0.141. The highest BCUT2D eigenvalue weighted by Gasteiger charge is 2.37. The maximum absolute atomic E-state index is 13.8. The maximum Gasteiger partial charge on any atom is 0.240 e. The van der Waals surface area contributed by atoms with Gasteiger partial charge >= 0.3 is 0 Å². The molecule has 0 fully saturated rings. The summed E-state index contributed by atoms with van der Waals surface area (Å²) in [4.78, 5) is 28.4. The van der Waals surface area contributed by atoms with Crippen LogP contribution in [0, 0.1) is 11.8 Å². The number of carbonyl (C=O) groups is 2. The van der Waals surface area contributed by atoms with Gasteiger partial charge in [-0.15, -0.1) is 0 Å². The van der Waals surface area contributed by atoms with Crippen LogP contribution in [0.1, 0.15) is 44.4 Å². The molecule has 0 spiro atoms. The summed E-state index contributed by atoms with van der Waals surface area (Å²) >= 11 is 1.17. The average molecular weight is 456 g/mol. The van der Waals surface area contributed by atoms with Crippen molar-refractivity contribution in [1.29, 1.82) is 0 Å². The number of hydrogen-bond acceptors (Lipinski definition) is 5. The summed E-state index contributed by atoms with van der Waals surface area (Å²) in [6, 6.07) is 15.3. The normalized spacial score (nSPS) is 14.8. The van der Waals surface area contributed by atoms with Crippen molar-refractivity contribution in [3.8, 4) is 0 Å². The lowest BCUT2D eigenvalue weighted by atomic mass is 9.93. The van der Waals surface area contributed by atoms with E-state index in [2.05, 4.69) is 17.4 Å². The minimum Gasteiger partial charge on any atom is -0.327 e. The lowest BCUT2D eigenvalue weighted by Crippen LogP contribution is -2.54. The summed E-state index contributed by atoms with van der Waals surface area (Å²) in [6.07, 6.45) is 2.63. The van der Waals surface area contributed by atoms with Crippen LogP contribution in [0.4, 0.5) is 0 Å². The van der Waals surface area contributed by atoms with Gasteiger partial charge in [0.2, 0.25) is 5.91 Å². The monoisotopic (exact) mass is 455 g/mol. The number of nitrogens with zero attached hydrogens (tertiary/aromatic N) is 1. The van der Waals surface area contributed by atoms with Crippen LogP contribution in [-0.2, 0) is 29.0 Å². The molecule has 32 heavy (non-hydrogen) atoms. The van der Waals surface area contributed by atoms with Gasteiger partial charge in [0.25, 0.3) is 0 Å².